The highest BCUT2D eigenvalue weighted by Gasteiger charge is 2.13. The first-order valence-electron chi connectivity index (χ1n) is 3.72. The van der Waals surface area contributed by atoms with E-state index in [1.54, 1.807) is 0 Å². The first-order chi connectivity index (χ1) is 4.49. The second kappa shape index (κ2) is 3.71. The molecule has 0 aromatic rings. The maximum atomic E-state index is 10.4. The minimum atomic E-state index is 0.0139. The number of carbonyl (C=O) groups is 1. The van der Waals surface area contributed by atoms with E-state index in [1.807, 2.05) is 6.92 Å². The van der Waals surface area contributed by atoms with Crippen LogP contribution in [-0.2, 0) is 4.79 Å². The van der Waals surface area contributed by atoms with Crippen LogP contribution in [0.5, 0.6) is 0 Å². The van der Waals surface area contributed by atoms with Gasteiger partial charge in [0.2, 0.25) is 0 Å². The quantitative estimate of drug-likeness (QED) is 0.604. The van der Waals surface area contributed by atoms with Crippen LogP contribution in [0.2, 0.25) is 0 Å². The van der Waals surface area contributed by atoms with Crippen molar-refractivity contribution in [2.24, 2.45) is 0 Å². The normalized spacial score (nSPS) is 14.8. The van der Waals surface area contributed by atoms with Crippen LogP contribution in [0.4, 0.5) is 0 Å². The Labute approximate surface area is 63.0 Å². The van der Waals surface area contributed by atoms with Crippen molar-refractivity contribution in [1.82, 2.24) is 5.32 Å². The summed E-state index contributed by atoms with van der Waals surface area (Å²) in [6.45, 7) is 8.16. The molecular weight excluding hydrogens is 126 g/mol. The second-order valence-electron chi connectivity index (χ2n) is 3.55. The summed E-state index contributed by atoms with van der Waals surface area (Å²) in [7, 11) is 0. The van der Waals surface area contributed by atoms with Gasteiger partial charge >= 0.3 is 0 Å². The number of rotatable bonds is 3. The molecule has 1 N–H and O–H groups in total. The van der Waals surface area contributed by atoms with Crippen molar-refractivity contribution >= 4 is 6.29 Å². The minimum Gasteiger partial charge on any atom is -0.303 e. The van der Waals surface area contributed by atoms with Gasteiger partial charge in [-0.3, -0.25) is 0 Å². The molecule has 0 aliphatic rings. The Balaban J connectivity index is 3.74. The Kier molecular flexibility index (Phi) is 3.58. The highest BCUT2D eigenvalue weighted by atomic mass is 16.1. The van der Waals surface area contributed by atoms with Crippen molar-refractivity contribution in [3.8, 4) is 0 Å². The van der Waals surface area contributed by atoms with Crippen molar-refractivity contribution in [3.63, 3.8) is 0 Å². The van der Waals surface area contributed by atoms with Crippen LogP contribution in [0.15, 0.2) is 0 Å². The lowest BCUT2D eigenvalue weighted by Crippen LogP contribution is -2.44. The molecule has 0 saturated carbocycles. The summed E-state index contributed by atoms with van der Waals surface area (Å²) < 4.78 is 0. The van der Waals surface area contributed by atoms with E-state index in [0.29, 0.717) is 0 Å². The maximum absolute atomic E-state index is 10.4. The topological polar surface area (TPSA) is 29.1 Å². The third kappa shape index (κ3) is 4.50. The zero-order chi connectivity index (χ0) is 8.20. The Morgan fingerprint density at radius 2 is 2.00 bits per heavy atom. The zero-order valence-electron chi connectivity index (χ0n) is 7.27. The summed E-state index contributed by atoms with van der Waals surface area (Å²) >= 11 is 0. The monoisotopic (exact) mass is 143 g/mol. The van der Waals surface area contributed by atoms with E-state index in [4.69, 9.17) is 0 Å². The molecule has 0 radical (unpaired) electrons. The Bertz CT molecular complexity index is 104. The van der Waals surface area contributed by atoms with Gasteiger partial charge in [-0.25, -0.2) is 0 Å². The van der Waals surface area contributed by atoms with Crippen molar-refractivity contribution in [3.05, 3.63) is 0 Å². The summed E-state index contributed by atoms with van der Waals surface area (Å²) in [5.74, 6) is 0. The molecule has 0 spiro atoms. The lowest BCUT2D eigenvalue weighted by Gasteiger charge is -2.24. The van der Waals surface area contributed by atoms with Gasteiger partial charge in [-0.1, -0.05) is 6.92 Å². The molecule has 0 fully saturated rings. The molecule has 60 valence electrons. The largest absolute Gasteiger partial charge is 0.303 e. The van der Waals surface area contributed by atoms with Gasteiger partial charge in [-0.15, -0.1) is 0 Å². The molecule has 0 aliphatic carbocycles. The molecule has 2 nitrogen and oxygen atoms in total. The number of carbonyl (C=O) groups excluding carboxylic acids is 1. The average molecular weight is 143 g/mol. The van der Waals surface area contributed by atoms with Crippen LogP contribution in [-0.4, -0.2) is 17.9 Å². The first kappa shape index (κ1) is 9.63. The number of hydrogen-bond donors (Lipinski definition) is 1. The predicted octanol–water partition coefficient (Wildman–Crippen LogP) is 1.35. The lowest BCUT2D eigenvalue weighted by atomic mass is 10.1. The van der Waals surface area contributed by atoms with Gasteiger partial charge in [-0.05, 0) is 27.2 Å². The van der Waals surface area contributed by atoms with Gasteiger partial charge in [0, 0.05) is 5.54 Å². The molecule has 2 heteroatoms. The molecule has 0 bridgehead atoms. The van der Waals surface area contributed by atoms with Crippen LogP contribution < -0.4 is 5.32 Å². The fourth-order valence-electron chi connectivity index (χ4n) is 0.788. The molecule has 0 heterocycles. The van der Waals surface area contributed by atoms with E-state index in [-0.39, 0.29) is 11.6 Å². The van der Waals surface area contributed by atoms with Gasteiger partial charge in [-0.2, -0.15) is 0 Å². The molecule has 0 rings (SSSR count). The van der Waals surface area contributed by atoms with Crippen LogP contribution >= 0.6 is 0 Å². The Morgan fingerprint density at radius 3 is 2.10 bits per heavy atom. The fraction of sp³-hybridized carbons (Fsp3) is 0.875. The third-order valence-corrected chi connectivity index (χ3v) is 1.22. The molecule has 0 aromatic heterocycles. The van der Waals surface area contributed by atoms with Gasteiger partial charge < -0.3 is 10.1 Å². The molecule has 0 amide bonds. The standard InChI is InChI=1S/C8H17NO/c1-5-7(6-10)9-8(2,3)4/h6-7,9H,5H2,1-4H3/t7-/m0/s1. The van der Waals surface area contributed by atoms with Crippen LogP contribution in [0.3, 0.4) is 0 Å². The predicted molar refractivity (Wildman–Crippen MR) is 43.0 cm³/mol. The van der Waals surface area contributed by atoms with Crippen LogP contribution in [0.1, 0.15) is 34.1 Å². The maximum Gasteiger partial charge on any atom is 0.136 e. The summed E-state index contributed by atoms with van der Waals surface area (Å²) in [5.41, 5.74) is 0.0432. The number of aldehydes is 1. The Hall–Kier alpha value is -0.370. The van der Waals surface area contributed by atoms with E-state index < -0.39 is 0 Å². The minimum absolute atomic E-state index is 0.0139. The van der Waals surface area contributed by atoms with E-state index in [0.717, 1.165) is 12.7 Å². The van der Waals surface area contributed by atoms with Crippen molar-refractivity contribution in [2.45, 2.75) is 45.7 Å². The van der Waals surface area contributed by atoms with Gasteiger partial charge in [0.1, 0.15) is 6.29 Å². The van der Waals surface area contributed by atoms with Crippen molar-refractivity contribution in [1.29, 1.82) is 0 Å². The van der Waals surface area contributed by atoms with Crippen molar-refractivity contribution < 1.29 is 4.79 Å². The highest BCUT2D eigenvalue weighted by molar-refractivity contribution is 5.57. The fourth-order valence-corrected chi connectivity index (χ4v) is 0.788. The van der Waals surface area contributed by atoms with E-state index in [9.17, 15) is 4.79 Å². The molecular formula is C8H17NO. The molecule has 10 heavy (non-hydrogen) atoms. The summed E-state index contributed by atoms with van der Waals surface area (Å²) in [5, 5.41) is 3.19. The SMILES string of the molecule is CC[C@@H](C=O)NC(C)(C)C. The average Bonchev–Trinajstić information content (AvgIpc) is 1.81. The van der Waals surface area contributed by atoms with Gasteiger partial charge in [0.25, 0.3) is 0 Å². The first-order valence-corrected chi connectivity index (χ1v) is 3.72. The molecule has 0 aliphatic heterocycles. The number of hydrogen-bond acceptors (Lipinski definition) is 2. The van der Waals surface area contributed by atoms with Gasteiger partial charge in [0.15, 0.2) is 0 Å². The summed E-state index contributed by atoms with van der Waals surface area (Å²) in [6, 6.07) is 0.0139. The number of nitrogens with one attached hydrogen (secondary N) is 1. The van der Waals surface area contributed by atoms with Crippen LogP contribution in [0.25, 0.3) is 0 Å². The Morgan fingerprint density at radius 1 is 1.50 bits per heavy atom. The summed E-state index contributed by atoms with van der Waals surface area (Å²) in [6.07, 6.45) is 1.83. The van der Waals surface area contributed by atoms with Crippen LogP contribution in [0, 0.1) is 0 Å². The van der Waals surface area contributed by atoms with E-state index >= 15 is 0 Å². The summed E-state index contributed by atoms with van der Waals surface area (Å²) in [4.78, 5) is 10.4. The highest BCUT2D eigenvalue weighted by Crippen LogP contribution is 2.01. The molecule has 1 atom stereocenters. The van der Waals surface area contributed by atoms with Gasteiger partial charge in [0.05, 0.1) is 6.04 Å². The molecule has 0 saturated heterocycles. The third-order valence-electron chi connectivity index (χ3n) is 1.22. The van der Waals surface area contributed by atoms with Crippen molar-refractivity contribution in [2.75, 3.05) is 0 Å². The molecule has 0 unspecified atom stereocenters. The smallest absolute Gasteiger partial charge is 0.136 e. The second-order valence-corrected chi connectivity index (χ2v) is 3.55. The van der Waals surface area contributed by atoms with E-state index in [2.05, 4.69) is 26.1 Å². The molecule has 0 aromatic carbocycles. The van der Waals surface area contributed by atoms with E-state index in [1.165, 1.54) is 0 Å². The zero-order valence-corrected chi connectivity index (χ0v) is 7.27. The lowest BCUT2D eigenvalue weighted by molar-refractivity contribution is -0.110.